The minimum Gasteiger partial charge on any atom is -0.354 e. The summed E-state index contributed by atoms with van der Waals surface area (Å²) in [7, 11) is 0. The predicted molar refractivity (Wildman–Crippen MR) is 70.6 cm³/mol. The van der Waals surface area contributed by atoms with Gasteiger partial charge in [0.2, 0.25) is 5.91 Å². The number of nitrogens with zero attached hydrogens (tertiary/aromatic N) is 1. The van der Waals surface area contributed by atoms with Gasteiger partial charge in [0, 0.05) is 6.54 Å². The lowest BCUT2D eigenvalue weighted by atomic mass is 9.83. The fourth-order valence-corrected chi connectivity index (χ4v) is 2.93. The molecule has 0 aromatic rings. The molecular weight excluding hydrogens is 224 g/mol. The highest BCUT2D eigenvalue weighted by Crippen LogP contribution is 2.48. The van der Waals surface area contributed by atoms with E-state index in [9.17, 15) is 10.1 Å². The number of carbonyl (C=O) groups is 1. The van der Waals surface area contributed by atoms with Crippen LogP contribution in [0.4, 0.5) is 0 Å². The van der Waals surface area contributed by atoms with Crippen LogP contribution in [0.2, 0.25) is 0 Å². The molecule has 0 atom stereocenters. The maximum Gasteiger partial charge on any atom is 0.240 e. The third-order valence-electron chi connectivity index (χ3n) is 4.81. The SMILES string of the molecule is CCC(C#N)(CC)C(=O)NCC(C1CC1)C1CC1. The number of carbonyl (C=O) groups excluding carboxylic acids is 1. The van der Waals surface area contributed by atoms with Crippen molar-refractivity contribution in [1.29, 1.82) is 5.26 Å². The second-order valence-corrected chi connectivity index (χ2v) is 5.95. The summed E-state index contributed by atoms with van der Waals surface area (Å²) in [5.41, 5.74) is -0.808. The molecule has 2 rings (SSSR count). The lowest BCUT2D eigenvalue weighted by Gasteiger charge is -2.24. The topological polar surface area (TPSA) is 52.9 Å². The van der Waals surface area contributed by atoms with E-state index in [1.54, 1.807) is 0 Å². The monoisotopic (exact) mass is 248 g/mol. The van der Waals surface area contributed by atoms with Gasteiger partial charge in [-0.1, -0.05) is 13.8 Å². The second-order valence-electron chi connectivity index (χ2n) is 5.95. The Labute approximate surface area is 110 Å². The van der Waals surface area contributed by atoms with Crippen LogP contribution in [0.15, 0.2) is 0 Å². The van der Waals surface area contributed by atoms with E-state index in [4.69, 9.17) is 0 Å². The third kappa shape index (κ3) is 2.68. The zero-order valence-corrected chi connectivity index (χ0v) is 11.5. The fourth-order valence-electron chi connectivity index (χ4n) is 2.93. The van der Waals surface area contributed by atoms with Gasteiger partial charge in [-0.25, -0.2) is 0 Å². The molecule has 1 N–H and O–H groups in total. The molecule has 2 saturated carbocycles. The molecule has 0 saturated heterocycles. The van der Waals surface area contributed by atoms with Crippen LogP contribution in [0.3, 0.4) is 0 Å². The van der Waals surface area contributed by atoms with E-state index in [1.807, 2.05) is 13.8 Å². The summed E-state index contributed by atoms with van der Waals surface area (Å²) in [4.78, 5) is 12.2. The Hall–Kier alpha value is -1.04. The minimum atomic E-state index is -0.808. The standard InChI is InChI=1S/C15H24N2O/c1-3-15(4-2,10-16)14(18)17-9-13(11-5-6-11)12-7-8-12/h11-13H,3-9H2,1-2H3,(H,17,18). The molecule has 0 spiro atoms. The maximum atomic E-state index is 12.2. The zero-order valence-electron chi connectivity index (χ0n) is 11.5. The van der Waals surface area contributed by atoms with Gasteiger partial charge in [-0.3, -0.25) is 4.79 Å². The maximum absolute atomic E-state index is 12.2. The highest BCUT2D eigenvalue weighted by atomic mass is 16.2. The molecule has 0 heterocycles. The smallest absolute Gasteiger partial charge is 0.240 e. The first-order chi connectivity index (χ1) is 8.66. The molecule has 0 aromatic carbocycles. The molecule has 1 amide bonds. The van der Waals surface area contributed by atoms with Gasteiger partial charge in [0.15, 0.2) is 0 Å². The molecule has 2 aliphatic rings. The summed E-state index contributed by atoms with van der Waals surface area (Å²) in [5.74, 6) is 2.32. The van der Waals surface area contributed by atoms with Gasteiger partial charge in [0.25, 0.3) is 0 Å². The van der Waals surface area contributed by atoms with E-state index in [2.05, 4.69) is 11.4 Å². The Balaban J connectivity index is 1.88. The number of hydrogen-bond donors (Lipinski definition) is 1. The van der Waals surface area contributed by atoms with Crippen LogP contribution in [0.5, 0.6) is 0 Å². The summed E-state index contributed by atoms with van der Waals surface area (Å²) in [6, 6.07) is 2.22. The van der Waals surface area contributed by atoms with Crippen molar-refractivity contribution in [3.8, 4) is 6.07 Å². The lowest BCUT2D eigenvalue weighted by Crippen LogP contribution is -2.42. The molecule has 2 fully saturated rings. The number of amides is 1. The van der Waals surface area contributed by atoms with Crippen molar-refractivity contribution < 1.29 is 4.79 Å². The summed E-state index contributed by atoms with van der Waals surface area (Å²) >= 11 is 0. The van der Waals surface area contributed by atoms with Crippen molar-refractivity contribution in [3.63, 3.8) is 0 Å². The first-order valence-corrected chi connectivity index (χ1v) is 7.36. The van der Waals surface area contributed by atoms with Crippen LogP contribution < -0.4 is 5.32 Å². The highest BCUT2D eigenvalue weighted by molar-refractivity contribution is 5.85. The zero-order chi connectivity index (χ0) is 13.2. The summed E-state index contributed by atoms with van der Waals surface area (Å²) in [6.07, 6.45) is 6.54. The van der Waals surface area contributed by atoms with Crippen molar-refractivity contribution in [3.05, 3.63) is 0 Å². The molecule has 0 radical (unpaired) electrons. The van der Waals surface area contributed by atoms with Gasteiger partial charge >= 0.3 is 0 Å². The van der Waals surface area contributed by atoms with E-state index in [0.717, 1.165) is 18.4 Å². The average molecular weight is 248 g/mol. The fraction of sp³-hybridized carbons (Fsp3) is 0.867. The lowest BCUT2D eigenvalue weighted by molar-refractivity contribution is -0.128. The number of rotatable bonds is 7. The van der Waals surface area contributed by atoms with Crippen LogP contribution in [0.1, 0.15) is 52.4 Å². The van der Waals surface area contributed by atoms with Crippen molar-refractivity contribution in [2.45, 2.75) is 52.4 Å². The predicted octanol–water partition coefficient (Wildman–Crippen LogP) is 2.87. The average Bonchev–Trinajstić information content (AvgIpc) is 3.26. The number of nitrogens with one attached hydrogen (secondary N) is 1. The van der Waals surface area contributed by atoms with Crippen molar-refractivity contribution in [1.82, 2.24) is 5.32 Å². The van der Waals surface area contributed by atoms with Gasteiger partial charge < -0.3 is 5.32 Å². The van der Waals surface area contributed by atoms with Crippen molar-refractivity contribution in [2.75, 3.05) is 6.54 Å². The van der Waals surface area contributed by atoms with Gasteiger partial charge in [-0.2, -0.15) is 5.26 Å². The molecule has 3 nitrogen and oxygen atoms in total. The van der Waals surface area contributed by atoms with Crippen LogP contribution in [-0.4, -0.2) is 12.5 Å². The first-order valence-electron chi connectivity index (χ1n) is 7.36. The molecule has 0 aliphatic heterocycles. The first kappa shape index (κ1) is 13.4. The van der Waals surface area contributed by atoms with Gasteiger partial charge in [0.05, 0.1) is 6.07 Å². The Kier molecular flexibility index (Phi) is 3.94. The highest BCUT2D eigenvalue weighted by Gasteiger charge is 2.42. The molecule has 3 heteroatoms. The summed E-state index contributed by atoms with van der Waals surface area (Å²) in [5, 5.41) is 12.3. The molecule has 0 aromatic heterocycles. The quantitative estimate of drug-likeness (QED) is 0.753. The Morgan fingerprint density at radius 2 is 1.78 bits per heavy atom. The van der Waals surface area contributed by atoms with Crippen LogP contribution in [-0.2, 0) is 4.79 Å². The van der Waals surface area contributed by atoms with E-state index < -0.39 is 5.41 Å². The summed E-state index contributed by atoms with van der Waals surface area (Å²) in [6.45, 7) is 4.63. The van der Waals surface area contributed by atoms with Crippen LogP contribution in [0.25, 0.3) is 0 Å². The Morgan fingerprint density at radius 1 is 1.28 bits per heavy atom. The van der Waals surface area contributed by atoms with Crippen LogP contribution in [0, 0.1) is 34.5 Å². The van der Waals surface area contributed by atoms with Gasteiger partial charge in [-0.15, -0.1) is 0 Å². The molecule has 2 aliphatic carbocycles. The largest absolute Gasteiger partial charge is 0.354 e. The van der Waals surface area contributed by atoms with E-state index in [-0.39, 0.29) is 5.91 Å². The molecule has 18 heavy (non-hydrogen) atoms. The molecule has 0 unspecified atom stereocenters. The van der Waals surface area contributed by atoms with Crippen molar-refractivity contribution >= 4 is 5.91 Å². The van der Waals surface area contributed by atoms with E-state index in [0.29, 0.717) is 18.8 Å². The third-order valence-corrected chi connectivity index (χ3v) is 4.81. The Bertz CT molecular complexity index is 334. The molecule has 0 bridgehead atoms. The van der Waals surface area contributed by atoms with Gasteiger partial charge in [0.1, 0.15) is 5.41 Å². The van der Waals surface area contributed by atoms with Gasteiger partial charge in [-0.05, 0) is 56.3 Å². The van der Waals surface area contributed by atoms with Crippen molar-refractivity contribution in [2.24, 2.45) is 23.2 Å². The molecule has 100 valence electrons. The normalized spacial score (nSPS) is 19.7. The van der Waals surface area contributed by atoms with E-state index >= 15 is 0 Å². The summed E-state index contributed by atoms with van der Waals surface area (Å²) < 4.78 is 0. The number of nitriles is 1. The van der Waals surface area contributed by atoms with Crippen LogP contribution >= 0.6 is 0 Å². The molecular formula is C15H24N2O. The second kappa shape index (κ2) is 5.30. The Morgan fingerprint density at radius 3 is 2.11 bits per heavy atom. The minimum absolute atomic E-state index is 0.0544. The van der Waals surface area contributed by atoms with E-state index in [1.165, 1.54) is 25.7 Å². The number of hydrogen-bond acceptors (Lipinski definition) is 2.